The largest absolute Gasteiger partial charge is 0.472 e. The number of ether oxygens (including phenoxy) is 2. The third-order valence-corrected chi connectivity index (χ3v) is 9.44. The highest BCUT2D eigenvalue weighted by molar-refractivity contribution is 7.47. The highest BCUT2D eigenvalue weighted by Crippen LogP contribution is 2.43. The van der Waals surface area contributed by atoms with E-state index >= 15 is 0 Å². The number of hydrogen-bond donors (Lipinski definition) is 2. The van der Waals surface area contributed by atoms with E-state index in [1.165, 1.54) is 32.1 Å². The minimum Gasteiger partial charge on any atom is -0.462 e. The Bertz CT molecular complexity index is 1250. The fraction of sp³-hybridized carbons (Fsp3) is 0.617. The SMILES string of the molecule is CC/C=C\C/C=C\C/C=C\C/C=C\C/C=C\C/C=C\C/C=C\CCCC(=O)OC(COC(=O)CCCCCCC/C=C\CCCCCC)COP(=O)(O)OCCN. The highest BCUT2D eigenvalue weighted by Gasteiger charge is 2.25. The van der Waals surface area contributed by atoms with Crippen molar-refractivity contribution in [2.75, 3.05) is 26.4 Å². The number of nitrogens with two attached hydrogens (primary N) is 1. The minimum absolute atomic E-state index is 0.0377. The van der Waals surface area contributed by atoms with Crippen LogP contribution in [0, 0.1) is 0 Å². The molecule has 2 atom stereocenters. The molecule has 0 aromatic heterocycles. The van der Waals surface area contributed by atoms with Gasteiger partial charge in [-0.3, -0.25) is 18.6 Å². The first-order valence-corrected chi connectivity index (χ1v) is 23.2. The summed E-state index contributed by atoms with van der Waals surface area (Å²) in [6.45, 7) is 3.50. The number of hydrogen-bond acceptors (Lipinski definition) is 8. The van der Waals surface area contributed by atoms with Gasteiger partial charge in [-0.1, -0.05) is 150 Å². The Kier molecular flexibility index (Phi) is 40.2. The summed E-state index contributed by atoms with van der Waals surface area (Å²) in [6, 6.07) is 0. The zero-order valence-electron chi connectivity index (χ0n) is 35.5. The number of rotatable bonds is 39. The molecule has 0 aliphatic carbocycles. The van der Waals surface area contributed by atoms with Gasteiger partial charge >= 0.3 is 19.8 Å². The van der Waals surface area contributed by atoms with Gasteiger partial charge in [0.1, 0.15) is 6.61 Å². The molecule has 0 amide bonds. The van der Waals surface area contributed by atoms with E-state index in [9.17, 15) is 19.0 Å². The van der Waals surface area contributed by atoms with Gasteiger partial charge in [-0.25, -0.2) is 4.57 Å². The molecule has 0 saturated carbocycles. The van der Waals surface area contributed by atoms with Crippen molar-refractivity contribution in [3.63, 3.8) is 0 Å². The second-order valence-electron chi connectivity index (χ2n) is 13.8. The van der Waals surface area contributed by atoms with E-state index in [0.717, 1.165) is 77.0 Å². The lowest BCUT2D eigenvalue weighted by Gasteiger charge is -2.19. The molecule has 10 heteroatoms. The summed E-state index contributed by atoms with van der Waals surface area (Å²) < 4.78 is 32.7. The van der Waals surface area contributed by atoms with Gasteiger partial charge in [0.25, 0.3) is 0 Å². The lowest BCUT2D eigenvalue weighted by Crippen LogP contribution is -2.29. The highest BCUT2D eigenvalue weighted by atomic mass is 31.2. The molecule has 2 unspecified atom stereocenters. The predicted octanol–water partition coefficient (Wildman–Crippen LogP) is 12.6. The Balaban J connectivity index is 4.30. The van der Waals surface area contributed by atoms with E-state index in [4.69, 9.17) is 24.3 Å². The van der Waals surface area contributed by atoms with Crippen LogP contribution < -0.4 is 5.73 Å². The maximum atomic E-state index is 12.6. The average Bonchev–Trinajstić information content (AvgIpc) is 3.20. The smallest absolute Gasteiger partial charge is 0.462 e. The number of phosphoric acid groups is 1. The molecule has 0 radical (unpaired) electrons. The second kappa shape index (κ2) is 42.5. The first kappa shape index (κ1) is 53.9. The summed E-state index contributed by atoms with van der Waals surface area (Å²) >= 11 is 0. The fourth-order valence-electron chi connectivity index (χ4n) is 5.26. The summed E-state index contributed by atoms with van der Waals surface area (Å²) in [6.07, 6.45) is 54.5. The van der Waals surface area contributed by atoms with Crippen molar-refractivity contribution >= 4 is 19.8 Å². The van der Waals surface area contributed by atoms with Crippen molar-refractivity contribution in [1.29, 1.82) is 0 Å². The van der Waals surface area contributed by atoms with Crippen molar-refractivity contribution in [2.45, 2.75) is 161 Å². The van der Waals surface area contributed by atoms with Crippen LogP contribution in [0.25, 0.3) is 0 Å². The molecule has 9 nitrogen and oxygen atoms in total. The molecule has 0 spiro atoms. The Labute approximate surface area is 346 Å². The maximum absolute atomic E-state index is 12.6. The first-order valence-electron chi connectivity index (χ1n) is 21.7. The lowest BCUT2D eigenvalue weighted by atomic mass is 10.1. The summed E-state index contributed by atoms with van der Waals surface area (Å²) in [7, 11) is -4.40. The third kappa shape index (κ3) is 42.4. The van der Waals surface area contributed by atoms with Crippen molar-refractivity contribution in [3.05, 3.63) is 97.2 Å². The minimum atomic E-state index is -4.40. The van der Waals surface area contributed by atoms with Gasteiger partial charge in [0.2, 0.25) is 0 Å². The van der Waals surface area contributed by atoms with Crippen LogP contribution in [0.15, 0.2) is 97.2 Å². The quantitative estimate of drug-likeness (QED) is 0.0269. The van der Waals surface area contributed by atoms with Crippen LogP contribution in [-0.4, -0.2) is 49.3 Å². The average molecular weight is 816 g/mol. The molecule has 0 rings (SSSR count). The van der Waals surface area contributed by atoms with Gasteiger partial charge in [-0.05, 0) is 89.9 Å². The lowest BCUT2D eigenvalue weighted by molar-refractivity contribution is -0.161. The molecule has 0 fully saturated rings. The molecular formula is C47H78NO8P. The summed E-state index contributed by atoms with van der Waals surface area (Å²) in [5, 5.41) is 0. The normalized spacial score (nSPS) is 14.2. The number of unbranched alkanes of at least 4 members (excludes halogenated alkanes) is 10. The third-order valence-electron chi connectivity index (χ3n) is 8.45. The van der Waals surface area contributed by atoms with Crippen LogP contribution in [0.4, 0.5) is 0 Å². The van der Waals surface area contributed by atoms with Crippen molar-refractivity contribution in [3.8, 4) is 0 Å². The fourth-order valence-corrected chi connectivity index (χ4v) is 6.03. The van der Waals surface area contributed by atoms with Crippen LogP contribution in [0.1, 0.15) is 155 Å². The Morgan fingerprint density at radius 2 is 0.982 bits per heavy atom. The summed E-state index contributed by atoms with van der Waals surface area (Å²) in [5.74, 6) is -0.919. The van der Waals surface area contributed by atoms with E-state index in [2.05, 4.69) is 105 Å². The van der Waals surface area contributed by atoms with E-state index in [0.29, 0.717) is 19.3 Å². The summed E-state index contributed by atoms with van der Waals surface area (Å²) in [5.41, 5.74) is 5.34. The van der Waals surface area contributed by atoms with Crippen molar-refractivity contribution < 1.29 is 37.6 Å². The summed E-state index contributed by atoms with van der Waals surface area (Å²) in [4.78, 5) is 34.8. The van der Waals surface area contributed by atoms with Crippen LogP contribution in [0.3, 0.4) is 0 Å². The second-order valence-corrected chi connectivity index (χ2v) is 15.3. The van der Waals surface area contributed by atoms with Gasteiger partial charge in [0, 0.05) is 19.4 Å². The predicted molar refractivity (Wildman–Crippen MR) is 238 cm³/mol. The number of esters is 2. The standard InChI is InChI=1S/C47H78NO8P/c1-3-5-7-9-11-13-15-17-18-19-20-21-22-23-24-25-26-28-30-32-34-36-38-40-47(50)56-45(44-55-57(51,52)54-42-41-48)43-53-46(49)39-37-35-33-31-29-27-16-14-12-10-8-6-4-2/h5,7,11,13-14,16-18,20-21,23-24,26,28,32,34,45H,3-4,6,8-10,12,15,19,22,25,27,29-31,33,35-44,48H2,1-2H3,(H,51,52)/b7-5-,13-11-,16-14-,18-17-,21-20-,24-23-,28-26-,34-32-. The molecule has 0 bridgehead atoms. The number of phosphoric ester groups is 1. The maximum Gasteiger partial charge on any atom is 0.472 e. The van der Waals surface area contributed by atoms with Crippen LogP contribution in [-0.2, 0) is 32.7 Å². The first-order chi connectivity index (χ1) is 27.8. The van der Waals surface area contributed by atoms with E-state index in [1.807, 2.05) is 6.08 Å². The zero-order chi connectivity index (χ0) is 41.8. The molecule has 0 aromatic carbocycles. The molecule has 0 heterocycles. The number of carbonyl (C=O) groups is 2. The Morgan fingerprint density at radius 1 is 0.544 bits per heavy atom. The van der Waals surface area contributed by atoms with Gasteiger partial charge in [-0.15, -0.1) is 0 Å². The van der Waals surface area contributed by atoms with Crippen LogP contribution in [0.2, 0.25) is 0 Å². The van der Waals surface area contributed by atoms with Gasteiger partial charge < -0.3 is 20.1 Å². The Morgan fingerprint density at radius 3 is 1.51 bits per heavy atom. The topological polar surface area (TPSA) is 134 Å². The van der Waals surface area contributed by atoms with Crippen LogP contribution in [0.5, 0.6) is 0 Å². The molecule has 0 saturated heterocycles. The molecule has 0 aromatic rings. The van der Waals surface area contributed by atoms with E-state index in [1.54, 1.807) is 0 Å². The number of carbonyl (C=O) groups excluding carboxylic acids is 2. The van der Waals surface area contributed by atoms with E-state index < -0.39 is 32.5 Å². The molecule has 324 valence electrons. The van der Waals surface area contributed by atoms with Gasteiger partial charge in [0.05, 0.1) is 13.2 Å². The monoisotopic (exact) mass is 816 g/mol. The van der Waals surface area contributed by atoms with Gasteiger partial charge in [-0.2, -0.15) is 0 Å². The van der Waals surface area contributed by atoms with Gasteiger partial charge in [0.15, 0.2) is 6.10 Å². The molecule has 57 heavy (non-hydrogen) atoms. The van der Waals surface area contributed by atoms with Crippen molar-refractivity contribution in [1.82, 2.24) is 0 Å². The molecule has 0 aliphatic heterocycles. The zero-order valence-corrected chi connectivity index (χ0v) is 36.4. The van der Waals surface area contributed by atoms with Crippen LogP contribution >= 0.6 is 7.82 Å². The van der Waals surface area contributed by atoms with Crippen molar-refractivity contribution in [2.24, 2.45) is 5.73 Å². The number of allylic oxidation sites excluding steroid dienone is 16. The molecule has 3 N–H and O–H groups in total. The molecular weight excluding hydrogens is 737 g/mol. The Hall–Kier alpha value is -3.07. The van der Waals surface area contributed by atoms with E-state index in [-0.39, 0.29) is 32.6 Å². The molecule has 0 aliphatic rings.